The molecule has 2 rings (SSSR count). The molecule has 0 aliphatic heterocycles. The fourth-order valence-electron chi connectivity index (χ4n) is 2.41. The van der Waals surface area contributed by atoms with E-state index >= 15 is 0 Å². The lowest BCUT2D eigenvalue weighted by Crippen LogP contribution is -2.29. The van der Waals surface area contributed by atoms with Crippen molar-refractivity contribution in [2.75, 3.05) is 6.54 Å². The summed E-state index contributed by atoms with van der Waals surface area (Å²) < 4.78 is 0. The quantitative estimate of drug-likeness (QED) is 0.764. The summed E-state index contributed by atoms with van der Waals surface area (Å²) in [5, 5.41) is 7.70. The molecular weight excluding hydrogens is 308 g/mol. The lowest BCUT2D eigenvalue weighted by atomic mass is 10.0. The number of nitrogens with one attached hydrogen (secondary N) is 2. The zero-order valence-electron chi connectivity index (χ0n) is 13.5. The Labute approximate surface area is 140 Å². The smallest absolute Gasteiger partial charge is 0.261 e. The van der Waals surface area contributed by atoms with Gasteiger partial charge in [0.25, 0.3) is 5.91 Å². The van der Waals surface area contributed by atoms with Gasteiger partial charge in [-0.1, -0.05) is 30.3 Å². The van der Waals surface area contributed by atoms with E-state index in [4.69, 9.17) is 0 Å². The first-order valence-electron chi connectivity index (χ1n) is 7.74. The maximum Gasteiger partial charge on any atom is 0.261 e. The molecule has 0 spiro atoms. The Morgan fingerprint density at radius 3 is 2.65 bits per heavy atom. The van der Waals surface area contributed by atoms with Crippen molar-refractivity contribution >= 4 is 23.2 Å². The molecule has 0 saturated carbocycles. The van der Waals surface area contributed by atoms with Crippen molar-refractivity contribution in [2.45, 2.75) is 32.7 Å². The zero-order valence-corrected chi connectivity index (χ0v) is 14.3. The van der Waals surface area contributed by atoms with Crippen LogP contribution in [0.5, 0.6) is 0 Å². The summed E-state index contributed by atoms with van der Waals surface area (Å²) in [5.41, 5.74) is 2.30. The van der Waals surface area contributed by atoms with E-state index in [2.05, 4.69) is 10.6 Å². The Bertz CT molecular complexity index is 653. The van der Waals surface area contributed by atoms with Crippen LogP contribution in [0.1, 0.15) is 46.6 Å². The highest BCUT2D eigenvalue weighted by Gasteiger charge is 2.11. The topological polar surface area (TPSA) is 58.2 Å². The van der Waals surface area contributed by atoms with Crippen LogP contribution in [0.4, 0.5) is 0 Å². The Morgan fingerprint density at radius 2 is 1.96 bits per heavy atom. The number of amides is 2. The first-order valence-corrected chi connectivity index (χ1v) is 8.62. The SMILES string of the molecule is Cc1ccccc1C(C)NC(=O)CCCNC(=O)c1cccs1. The van der Waals surface area contributed by atoms with E-state index in [0.29, 0.717) is 24.3 Å². The summed E-state index contributed by atoms with van der Waals surface area (Å²) in [6.45, 7) is 4.53. The standard InChI is InChI=1S/C18H22N2O2S/c1-13-7-3-4-8-15(13)14(2)20-17(21)10-5-11-19-18(22)16-9-6-12-23-16/h3-4,6-9,12,14H,5,10-11H2,1-2H3,(H,19,22)(H,20,21). The summed E-state index contributed by atoms with van der Waals surface area (Å²) in [6, 6.07) is 11.7. The molecule has 122 valence electrons. The van der Waals surface area contributed by atoms with Gasteiger partial charge in [0, 0.05) is 13.0 Å². The van der Waals surface area contributed by atoms with E-state index in [-0.39, 0.29) is 17.9 Å². The van der Waals surface area contributed by atoms with E-state index in [9.17, 15) is 9.59 Å². The fourth-order valence-corrected chi connectivity index (χ4v) is 3.05. The Balaban J connectivity index is 1.69. The summed E-state index contributed by atoms with van der Waals surface area (Å²) in [5.74, 6) is -0.0696. The number of rotatable bonds is 7. The molecule has 23 heavy (non-hydrogen) atoms. The Kier molecular flexibility index (Phi) is 6.35. The van der Waals surface area contributed by atoms with Crippen LogP contribution in [0.25, 0.3) is 0 Å². The van der Waals surface area contributed by atoms with Crippen LogP contribution in [0.2, 0.25) is 0 Å². The molecule has 0 fully saturated rings. The van der Waals surface area contributed by atoms with Gasteiger partial charge in [0.05, 0.1) is 10.9 Å². The molecule has 0 aliphatic rings. The van der Waals surface area contributed by atoms with Gasteiger partial charge in [-0.3, -0.25) is 9.59 Å². The molecule has 1 unspecified atom stereocenters. The van der Waals surface area contributed by atoms with Crippen molar-refractivity contribution < 1.29 is 9.59 Å². The molecule has 1 heterocycles. The molecule has 2 aromatic rings. The molecule has 1 aromatic carbocycles. The minimum atomic E-state index is -0.0753. The normalized spacial score (nSPS) is 11.7. The Morgan fingerprint density at radius 1 is 1.17 bits per heavy atom. The van der Waals surface area contributed by atoms with Crippen molar-refractivity contribution in [2.24, 2.45) is 0 Å². The van der Waals surface area contributed by atoms with Crippen molar-refractivity contribution in [3.05, 3.63) is 57.8 Å². The molecule has 1 aromatic heterocycles. The van der Waals surface area contributed by atoms with E-state index in [1.807, 2.05) is 49.6 Å². The minimum Gasteiger partial charge on any atom is -0.351 e. The van der Waals surface area contributed by atoms with Gasteiger partial charge in [0.1, 0.15) is 0 Å². The lowest BCUT2D eigenvalue weighted by molar-refractivity contribution is -0.121. The molecule has 2 amide bonds. The van der Waals surface area contributed by atoms with Crippen molar-refractivity contribution in [3.63, 3.8) is 0 Å². The van der Waals surface area contributed by atoms with Crippen LogP contribution in [0, 0.1) is 6.92 Å². The second kappa shape index (κ2) is 8.48. The van der Waals surface area contributed by atoms with Gasteiger partial charge < -0.3 is 10.6 Å². The van der Waals surface area contributed by atoms with Gasteiger partial charge in [-0.15, -0.1) is 11.3 Å². The van der Waals surface area contributed by atoms with Crippen molar-refractivity contribution in [3.8, 4) is 0 Å². The number of thiophene rings is 1. The van der Waals surface area contributed by atoms with Gasteiger partial charge in [0.2, 0.25) is 5.91 Å². The first-order chi connectivity index (χ1) is 11.1. The van der Waals surface area contributed by atoms with E-state index in [1.165, 1.54) is 16.9 Å². The molecule has 0 bridgehead atoms. The van der Waals surface area contributed by atoms with Crippen molar-refractivity contribution in [1.29, 1.82) is 0 Å². The average Bonchev–Trinajstić information content (AvgIpc) is 3.06. The third-order valence-corrected chi connectivity index (χ3v) is 4.51. The van der Waals surface area contributed by atoms with Gasteiger partial charge in [-0.25, -0.2) is 0 Å². The van der Waals surface area contributed by atoms with Crippen LogP contribution in [-0.2, 0) is 4.79 Å². The number of carbonyl (C=O) groups excluding carboxylic acids is 2. The summed E-state index contributed by atoms with van der Waals surface area (Å²) in [6.07, 6.45) is 1.03. The third kappa shape index (κ3) is 5.21. The van der Waals surface area contributed by atoms with Gasteiger partial charge in [0.15, 0.2) is 0 Å². The maximum absolute atomic E-state index is 12.0. The largest absolute Gasteiger partial charge is 0.351 e. The number of aryl methyl sites for hydroxylation is 1. The predicted molar refractivity (Wildman–Crippen MR) is 93.6 cm³/mol. The van der Waals surface area contributed by atoms with E-state index < -0.39 is 0 Å². The first kappa shape index (κ1) is 17.2. The summed E-state index contributed by atoms with van der Waals surface area (Å²) in [7, 11) is 0. The zero-order chi connectivity index (χ0) is 16.7. The molecular formula is C18H22N2O2S. The number of carbonyl (C=O) groups is 2. The van der Waals surface area contributed by atoms with Crippen LogP contribution in [0.3, 0.4) is 0 Å². The van der Waals surface area contributed by atoms with Crippen LogP contribution in [-0.4, -0.2) is 18.4 Å². The third-order valence-electron chi connectivity index (χ3n) is 3.64. The maximum atomic E-state index is 12.0. The van der Waals surface area contributed by atoms with E-state index in [0.717, 1.165) is 5.56 Å². The van der Waals surface area contributed by atoms with Crippen LogP contribution < -0.4 is 10.6 Å². The minimum absolute atomic E-state index is 0.00567. The molecule has 2 N–H and O–H groups in total. The lowest BCUT2D eigenvalue weighted by Gasteiger charge is -2.16. The molecule has 5 heteroatoms. The molecule has 0 radical (unpaired) electrons. The number of benzene rings is 1. The number of hydrogen-bond acceptors (Lipinski definition) is 3. The van der Waals surface area contributed by atoms with Crippen molar-refractivity contribution in [1.82, 2.24) is 10.6 Å². The fraction of sp³-hybridized carbons (Fsp3) is 0.333. The highest BCUT2D eigenvalue weighted by Crippen LogP contribution is 2.16. The van der Waals surface area contributed by atoms with Gasteiger partial charge in [-0.05, 0) is 42.8 Å². The highest BCUT2D eigenvalue weighted by molar-refractivity contribution is 7.12. The summed E-state index contributed by atoms with van der Waals surface area (Å²) in [4.78, 5) is 24.4. The number of hydrogen-bond donors (Lipinski definition) is 2. The monoisotopic (exact) mass is 330 g/mol. The molecule has 0 saturated heterocycles. The molecule has 1 atom stereocenters. The molecule has 4 nitrogen and oxygen atoms in total. The highest BCUT2D eigenvalue weighted by atomic mass is 32.1. The second-order valence-electron chi connectivity index (χ2n) is 5.48. The van der Waals surface area contributed by atoms with Gasteiger partial charge in [-0.2, -0.15) is 0 Å². The second-order valence-corrected chi connectivity index (χ2v) is 6.43. The van der Waals surface area contributed by atoms with Gasteiger partial charge >= 0.3 is 0 Å². The molecule has 0 aliphatic carbocycles. The predicted octanol–water partition coefficient (Wildman–Crippen LogP) is 3.44. The van der Waals surface area contributed by atoms with E-state index in [1.54, 1.807) is 6.07 Å². The van der Waals surface area contributed by atoms with Crippen LogP contribution >= 0.6 is 11.3 Å². The Hall–Kier alpha value is -2.14. The summed E-state index contributed by atoms with van der Waals surface area (Å²) >= 11 is 1.41. The van der Waals surface area contributed by atoms with Crippen LogP contribution in [0.15, 0.2) is 41.8 Å². The average molecular weight is 330 g/mol.